The maximum atomic E-state index is 10.8. The van der Waals surface area contributed by atoms with Crippen LogP contribution in [-0.2, 0) is 4.79 Å². The van der Waals surface area contributed by atoms with Gasteiger partial charge in [0.2, 0.25) is 0 Å². The lowest BCUT2D eigenvalue weighted by molar-refractivity contribution is -0.143. The zero-order valence-electron chi connectivity index (χ0n) is 9.78. The van der Waals surface area contributed by atoms with Gasteiger partial charge in [-0.25, -0.2) is 0 Å². The minimum absolute atomic E-state index is 0.118. The Hall–Kier alpha value is -0.570. The van der Waals surface area contributed by atoms with Crippen molar-refractivity contribution in [1.82, 2.24) is 0 Å². The number of hydrogen-bond acceptors (Lipinski definition) is 2. The van der Waals surface area contributed by atoms with E-state index >= 15 is 0 Å². The number of carboxylic acids is 1. The molecule has 15 heavy (non-hydrogen) atoms. The first-order valence-corrected chi connectivity index (χ1v) is 5.99. The average Bonchev–Trinajstić information content (AvgIpc) is 2.17. The number of carboxylic acid groups (broad SMARTS) is 1. The van der Waals surface area contributed by atoms with E-state index in [4.69, 9.17) is 10.8 Å². The fourth-order valence-electron chi connectivity index (χ4n) is 2.53. The highest BCUT2D eigenvalue weighted by Crippen LogP contribution is 2.31. The van der Waals surface area contributed by atoms with E-state index in [9.17, 15) is 4.79 Å². The van der Waals surface area contributed by atoms with Gasteiger partial charge in [-0.05, 0) is 43.9 Å². The predicted molar refractivity (Wildman–Crippen MR) is 60.5 cm³/mol. The van der Waals surface area contributed by atoms with Crippen LogP contribution in [0.25, 0.3) is 0 Å². The maximum Gasteiger partial charge on any atom is 0.306 e. The number of carbonyl (C=O) groups is 1. The van der Waals surface area contributed by atoms with Crippen molar-refractivity contribution in [2.45, 2.75) is 52.0 Å². The third-order valence-corrected chi connectivity index (χ3v) is 3.47. The van der Waals surface area contributed by atoms with Gasteiger partial charge >= 0.3 is 5.97 Å². The summed E-state index contributed by atoms with van der Waals surface area (Å²) >= 11 is 0. The van der Waals surface area contributed by atoms with Crippen molar-refractivity contribution in [3.05, 3.63) is 0 Å². The van der Waals surface area contributed by atoms with Crippen molar-refractivity contribution in [3.63, 3.8) is 0 Å². The van der Waals surface area contributed by atoms with E-state index in [1.54, 1.807) is 0 Å². The first-order valence-electron chi connectivity index (χ1n) is 5.99. The molecule has 0 aromatic carbocycles. The molecular formula is C12H23NO2. The molecule has 3 nitrogen and oxygen atoms in total. The van der Waals surface area contributed by atoms with Gasteiger partial charge in [0.1, 0.15) is 0 Å². The number of aliphatic carboxylic acids is 1. The SMILES string of the molecule is CC(C)CC(N)C1CCC(C(=O)O)CC1. The lowest BCUT2D eigenvalue weighted by atomic mass is 9.77. The van der Waals surface area contributed by atoms with Gasteiger partial charge in [0.25, 0.3) is 0 Å². The Morgan fingerprint density at radius 3 is 2.27 bits per heavy atom. The van der Waals surface area contributed by atoms with Gasteiger partial charge in [-0.1, -0.05) is 13.8 Å². The van der Waals surface area contributed by atoms with Crippen LogP contribution in [0.5, 0.6) is 0 Å². The van der Waals surface area contributed by atoms with E-state index < -0.39 is 5.97 Å². The Morgan fingerprint density at radius 2 is 1.87 bits per heavy atom. The van der Waals surface area contributed by atoms with E-state index in [0.29, 0.717) is 11.8 Å². The molecule has 3 heteroatoms. The minimum atomic E-state index is -0.633. The van der Waals surface area contributed by atoms with Crippen LogP contribution in [0.1, 0.15) is 46.0 Å². The van der Waals surface area contributed by atoms with Crippen LogP contribution in [0.2, 0.25) is 0 Å². The molecule has 0 aliphatic heterocycles. The minimum Gasteiger partial charge on any atom is -0.481 e. The van der Waals surface area contributed by atoms with Crippen LogP contribution in [0.3, 0.4) is 0 Å². The molecule has 3 N–H and O–H groups in total. The smallest absolute Gasteiger partial charge is 0.306 e. The largest absolute Gasteiger partial charge is 0.481 e. The molecule has 1 aliphatic rings. The predicted octanol–water partition coefficient (Wildman–Crippen LogP) is 2.25. The molecule has 1 fully saturated rings. The van der Waals surface area contributed by atoms with Gasteiger partial charge in [0, 0.05) is 6.04 Å². The highest BCUT2D eigenvalue weighted by atomic mass is 16.4. The molecule has 88 valence electrons. The third-order valence-electron chi connectivity index (χ3n) is 3.47. The van der Waals surface area contributed by atoms with Crippen molar-refractivity contribution in [1.29, 1.82) is 0 Å². The number of hydrogen-bond donors (Lipinski definition) is 2. The zero-order valence-corrected chi connectivity index (χ0v) is 9.78. The molecular weight excluding hydrogens is 190 g/mol. The summed E-state index contributed by atoms with van der Waals surface area (Å²) in [6, 6.07) is 0.264. The summed E-state index contributed by atoms with van der Waals surface area (Å²) in [6.07, 6.45) is 4.66. The van der Waals surface area contributed by atoms with E-state index in [0.717, 1.165) is 32.1 Å². The molecule has 0 radical (unpaired) electrons. The summed E-state index contributed by atoms with van der Waals surface area (Å²) in [6.45, 7) is 4.37. The second-order valence-corrected chi connectivity index (χ2v) is 5.24. The van der Waals surface area contributed by atoms with Gasteiger partial charge < -0.3 is 10.8 Å². The second kappa shape index (κ2) is 5.50. The summed E-state index contributed by atoms with van der Waals surface area (Å²) in [7, 11) is 0. The average molecular weight is 213 g/mol. The second-order valence-electron chi connectivity index (χ2n) is 5.24. The molecule has 0 bridgehead atoms. The summed E-state index contributed by atoms with van der Waals surface area (Å²) in [5.74, 6) is 0.429. The molecule has 0 spiro atoms. The summed E-state index contributed by atoms with van der Waals surface area (Å²) in [4.78, 5) is 10.8. The molecule has 1 saturated carbocycles. The van der Waals surface area contributed by atoms with Gasteiger partial charge in [-0.2, -0.15) is 0 Å². The molecule has 1 atom stereocenters. The highest BCUT2D eigenvalue weighted by Gasteiger charge is 2.29. The molecule has 0 heterocycles. The fraction of sp³-hybridized carbons (Fsp3) is 0.917. The first kappa shape index (κ1) is 12.5. The molecule has 0 amide bonds. The lowest BCUT2D eigenvalue weighted by Crippen LogP contribution is -2.35. The number of rotatable bonds is 4. The Labute approximate surface area is 92.0 Å². The molecule has 1 aliphatic carbocycles. The quantitative estimate of drug-likeness (QED) is 0.753. The first-order chi connectivity index (χ1) is 7.00. The topological polar surface area (TPSA) is 63.3 Å². The standard InChI is InChI=1S/C12H23NO2/c1-8(2)7-11(13)9-3-5-10(6-4-9)12(14)15/h8-11H,3-7,13H2,1-2H3,(H,14,15). The van der Waals surface area contributed by atoms with E-state index in [-0.39, 0.29) is 12.0 Å². The molecule has 0 aromatic rings. The van der Waals surface area contributed by atoms with Gasteiger partial charge in [-0.15, -0.1) is 0 Å². The molecule has 0 aromatic heterocycles. The Morgan fingerprint density at radius 1 is 1.33 bits per heavy atom. The van der Waals surface area contributed by atoms with Crippen LogP contribution in [0.15, 0.2) is 0 Å². The lowest BCUT2D eigenvalue weighted by Gasteiger charge is -2.31. The third kappa shape index (κ3) is 3.82. The summed E-state index contributed by atoms with van der Waals surface area (Å²) in [5, 5.41) is 8.88. The molecule has 1 unspecified atom stereocenters. The van der Waals surface area contributed by atoms with Crippen molar-refractivity contribution in [3.8, 4) is 0 Å². The van der Waals surface area contributed by atoms with Crippen LogP contribution >= 0.6 is 0 Å². The van der Waals surface area contributed by atoms with Crippen molar-refractivity contribution in [2.75, 3.05) is 0 Å². The van der Waals surface area contributed by atoms with Crippen LogP contribution in [0, 0.1) is 17.8 Å². The molecule has 0 saturated heterocycles. The monoisotopic (exact) mass is 213 g/mol. The van der Waals surface area contributed by atoms with Gasteiger partial charge in [0.15, 0.2) is 0 Å². The highest BCUT2D eigenvalue weighted by molar-refractivity contribution is 5.69. The zero-order chi connectivity index (χ0) is 11.4. The summed E-state index contributed by atoms with van der Waals surface area (Å²) < 4.78 is 0. The Balaban J connectivity index is 2.33. The Kier molecular flexibility index (Phi) is 4.58. The number of nitrogens with two attached hydrogens (primary N) is 1. The van der Waals surface area contributed by atoms with E-state index in [1.165, 1.54) is 0 Å². The van der Waals surface area contributed by atoms with Crippen LogP contribution in [-0.4, -0.2) is 17.1 Å². The maximum absolute atomic E-state index is 10.8. The van der Waals surface area contributed by atoms with Crippen molar-refractivity contribution in [2.24, 2.45) is 23.5 Å². The summed E-state index contributed by atoms with van der Waals surface area (Å²) in [5.41, 5.74) is 6.12. The van der Waals surface area contributed by atoms with E-state index in [2.05, 4.69) is 13.8 Å². The van der Waals surface area contributed by atoms with Crippen molar-refractivity contribution < 1.29 is 9.90 Å². The van der Waals surface area contributed by atoms with Gasteiger partial charge in [-0.3, -0.25) is 4.79 Å². The molecule has 1 rings (SSSR count). The fourth-order valence-corrected chi connectivity index (χ4v) is 2.53. The van der Waals surface area contributed by atoms with Gasteiger partial charge in [0.05, 0.1) is 5.92 Å². The van der Waals surface area contributed by atoms with E-state index in [1.807, 2.05) is 0 Å². The van der Waals surface area contributed by atoms with Crippen LogP contribution < -0.4 is 5.73 Å². The van der Waals surface area contributed by atoms with Crippen molar-refractivity contribution >= 4 is 5.97 Å². The van der Waals surface area contributed by atoms with Crippen LogP contribution in [0.4, 0.5) is 0 Å². The normalized spacial score (nSPS) is 29.1. The Bertz CT molecular complexity index is 208.